The molecule has 2 aromatic rings. The Kier molecular flexibility index (Phi) is 5.56. The van der Waals surface area contributed by atoms with Crippen LogP contribution < -0.4 is 15.0 Å². The molecule has 3 rings (SSSR count). The smallest absolute Gasteiger partial charge is 0.266 e. The molecule has 1 amide bonds. The van der Waals surface area contributed by atoms with E-state index in [1.54, 1.807) is 37.4 Å². The third-order valence-corrected chi connectivity index (χ3v) is 3.93. The first-order valence-corrected chi connectivity index (χ1v) is 8.19. The van der Waals surface area contributed by atoms with Crippen molar-refractivity contribution < 1.29 is 18.7 Å². The maximum atomic E-state index is 12.3. The maximum Gasteiger partial charge on any atom is 0.266 e. The van der Waals surface area contributed by atoms with E-state index >= 15 is 0 Å². The first-order valence-electron chi connectivity index (χ1n) is 8.19. The van der Waals surface area contributed by atoms with Gasteiger partial charge >= 0.3 is 0 Å². The van der Waals surface area contributed by atoms with E-state index in [4.69, 9.17) is 13.9 Å². The largest absolute Gasteiger partial charge is 0.497 e. The Morgan fingerprint density at radius 2 is 1.96 bits per heavy atom. The van der Waals surface area contributed by atoms with Crippen molar-refractivity contribution in [1.82, 2.24) is 0 Å². The number of nitrogens with one attached hydrogen (secondary N) is 1. The van der Waals surface area contributed by atoms with E-state index in [1.807, 2.05) is 12.1 Å². The average molecular weight is 353 g/mol. The van der Waals surface area contributed by atoms with Gasteiger partial charge in [-0.05, 0) is 30.3 Å². The molecule has 26 heavy (non-hydrogen) atoms. The van der Waals surface area contributed by atoms with Gasteiger partial charge in [-0.3, -0.25) is 4.79 Å². The fraction of sp³-hybridized carbons (Fsp3) is 0.263. The van der Waals surface area contributed by atoms with Crippen LogP contribution in [-0.4, -0.2) is 39.3 Å². The number of methoxy groups -OCH3 is 1. The third-order valence-electron chi connectivity index (χ3n) is 3.93. The number of carbonyl (C=O) groups excluding carboxylic acids is 1. The summed E-state index contributed by atoms with van der Waals surface area (Å²) in [6, 6.07) is 12.3. The van der Waals surface area contributed by atoms with Crippen LogP contribution in [0.2, 0.25) is 0 Å². The highest BCUT2D eigenvalue weighted by molar-refractivity contribution is 6.09. The predicted octanol–water partition coefficient (Wildman–Crippen LogP) is 2.67. The van der Waals surface area contributed by atoms with E-state index in [-0.39, 0.29) is 5.57 Å². The Balaban J connectivity index is 1.69. The van der Waals surface area contributed by atoms with Crippen LogP contribution in [0.15, 0.2) is 46.4 Å². The summed E-state index contributed by atoms with van der Waals surface area (Å²) >= 11 is 0. The quantitative estimate of drug-likeness (QED) is 0.657. The van der Waals surface area contributed by atoms with Gasteiger partial charge in [-0.25, -0.2) is 0 Å². The minimum atomic E-state index is -0.498. The van der Waals surface area contributed by atoms with Gasteiger partial charge in [0.2, 0.25) is 0 Å². The number of amides is 1. The topological polar surface area (TPSA) is 87.7 Å². The van der Waals surface area contributed by atoms with Crippen molar-refractivity contribution in [2.45, 2.75) is 0 Å². The van der Waals surface area contributed by atoms with Crippen LogP contribution >= 0.6 is 0 Å². The van der Waals surface area contributed by atoms with Gasteiger partial charge < -0.3 is 24.1 Å². The zero-order chi connectivity index (χ0) is 18.4. The molecule has 1 aliphatic heterocycles. The van der Waals surface area contributed by atoms with Gasteiger partial charge in [0, 0.05) is 30.9 Å². The van der Waals surface area contributed by atoms with Gasteiger partial charge in [-0.2, -0.15) is 5.26 Å². The molecule has 0 bridgehead atoms. The highest BCUT2D eigenvalue weighted by Gasteiger charge is 2.15. The Hall–Kier alpha value is -3.24. The maximum absolute atomic E-state index is 12.3. The number of hydrogen-bond donors (Lipinski definition) is 1. The van der Waals surface area contributed by atoms with Crippen LogP contribution in [-0.2, 0) is 9.53 Å². The lowest BCUT2D eigenvalue weighted by Gasteiger charge is -2.26. The van der Waals surface area contributed by atoms with Crippen molar-refractivity contribution in [3.05, 3.63) is 47.7 Å². The summed E-state index contributed by atoms with van der Waals surface area (Å²) in [5.74, 6) is 1.34. The molecule has 2 heterocycles. The van der Waals surface area contributed by atoms with Crippen molar-refractivity contribution in [3.63, 3.8) is 0 Å². The second-order valence-electron chi connectivity index (χ2n) is 5.63. The Bertz CT molecular complexity index is 827. The van der Waals surface area contributed by atoms with E-state index in [2.05, 4.69) is 10.2 Å². The molecule has 1 aliphatic rings. The second kappa shape index (κ2) is 8.23. The van der Waals surface area contributed by atoms with E-state index < -0.39 is 5.91 Å². The van der Waals surface area contributed by atoms with Gasteiger partial charge in [-0.1, -0.05) is 0 Å². The number of nitrogens with zero attached hydrogens (tertiary/aromatic N) is 2. The lowest BCUT2D eigenvalue weighted by atomic mass is 10.2. The second-order valence-corrected chi connectivity index (χ2v) is 5.63. The number of morpholine rings is 1. The predicted molar refractivity (Wildman–Crippen MR) is 97.0 cm³/mol. The molecular formula is C19H19N3O4. The number of carbonyl (C=O) groups is 1. The molecule has 0 unspecified atom stereocenters. The molecule has 7 heteroatoms. The summed E-state index contributed by atoms with van der Waals surface area (Å²) in [6.07, 6.45) is 1.43. The molecule has 0 saturated carbocycles. The minimum absolute atomic E-state index is 0.0382. The monoisotopic (exact) mass is 353 g/mol. The Labute approximate surface area is 151 Å². The van der Waals surface area contributed by atoms with Gasteiger partial charge in [-0.15, -0.1) is 0 Å². The summed E-state index contributed by atoms with van der Waals surface area (Å²) in [7, 11) is 1.57. The molecular weight excluding hydrogens is 334 g/mol. The summed E-state index contributed by atoms with van der Waals surface area (Å²) in [6.45, 7) is 2.80. The Morgan fingerprint density at radius 1 is 1.23 bits per heavy atom. The van der Waals surface area contributed by atoms with Crippen molar-refractivity contribution in [1.29, 1.82) is 5.26 Å². The average Bonchev–Trinajstić information content (AvgIpc) is 3.16. The number of nitriles is 1. The zero-order valence-electron chi connectivity index (χ0n) is 14.4. The summed E-state index contributed by atoms with van der Waals surface area (Å²) in [5, 5.41) is 12.0. The third kappa shape index (κ3) is 4.23. The fourth-order valence-corrected chi connectivity index (χ4v) is 2.54. The van der Waals surface area contributed by atoms with Gasteiger partial charge in [0.15, 0.2) is 5.88 Å². The van der Waals surface area contributed by atoms with Crippen molar-refractivity contribution in [2.75, 3.05) is 43.6 Å². The number of rotatable bonds is 5. The minimum Gasteiger partial charge on any atom is -0.497 e. The number of benzene rings is 1. The van der Waals surface area contributed by atoms with Crippen LogP contribution in [0, 0.1) is 11.3 Å². The molecule has 1 N–H and O–H groups in total. The lowest BCUT2D eigenvalue weighted by molar-refractivity contribution is -0.112. The van der Waals surface area contributed by atoms with Crippen LogP contribution in [0.1, 0.15) is 5.76 Å². The summed E-state index contributed by atoms with van der Waals surface area (Å²) < 4.78 is 16.1. The van der Waals surface area contributed by atoms with Gasteiger partial charge in [0.1, 0.15) is 23.2 Å². The first-order chi connectivity index (χ1) is 12.7. The number of ether oxygens (including phenoxy) is 2. The molecule has 1 fully saturated rings. The van der Waals surface area contributed by atoms with Crippen molar-refractivity contribution in [2.24, 2.45) is 0 Å². The highest BCUT2D eigenvalue weighted by Crippen LogP contribution is 2.22. The van der Waals surface area contributed by atoms with Crippen LogP contribution in [0.4, 0.5) is 11.6 Å². The molecule has 134 valence electrons. The standard InChI is InChI=1S/C19H19N3O4/c1-24-16-4-2-15(3-5-16)21-19(23)14(13-20)12-17-6-7-18(26-17)22-8-10-25-11-9-22/h2-7,12H,8-11H2,1H3,(H,21,23)/b14-12-. The van der Waals surface area contributed by atoms with Gasteiger partial charge in [0.25, 0.3) is 5.91 Å². The molecule has 0 atom stereocenters. The SMILES string of the molecule is COc1ccc(NC(=O)/C(C#N)=C\c2ccc(N3CCOCC3)o2)cc1. The molecule has 1 aromatic heterocycles. The summed E-state index contributed by atoms with van der Waals surface area (Å²) in [5.41, 5.74) is 0.536. The van der Waals surface area contributed by atoms with Crippen molar-refractivity contribution >= 4 is 23.6 Å². The van der Waals surface area contributed by atoms with E-state index in [0.29, 0.717) is 36.3 Å². The summed E-state index contributed by atoms with van der Waals surface area (Å²) in [4.78, 5) is 14.4. The van der Waals surface area contributed by atoms with Crippen molar-refractivity contribution in [3.8, 4) is 11.8 Å². The van der Waals surface area contributed by atoms with Crippen LogP contribution in [0.3, 0.4) is 0 Å². The molecule has 0 aliphatic carbocycles. The molecule has 1 aromatic carbocycles. The molecule has 0 radical (unpaired) electrons. The van der Waals surface area contributed by atoms with Crippen LogP contribution in [0.5, 0.6) is 5.75 Å². The van der Waals surface area contributed by atoms with E-state index in [1.165, 1.54) is 6.08 Å². The fourth-order valence-electron chi connectivity index (χ4n) is 2.54. The normalized spacial score (nSPS) is 14.6. The molecule has 0 spiro atoms. The Morgan fingerprint density at radius 3 is 2.62 bits per heavy atom. The zero-order valence-corrected chi connectivity index (χ0v) is 14.4. The van der Waals surface area contributed by atoms with E-state index in [0.717, 1.165) is 13.1 Å². The highest BCUT2D eigenvalue weighted by atomic mass is 16.5. The number of anilines is 2. The molecule has 7 nitrogen and oxygen atoms in total. The first kappa shape index (κ1) is 17.6. The van der Waals surface area contributed by atoms with E-state index in [9.17, 15) is 10.1 Å². The number of hydrogen-bond acceptors (Lipinski definition) is 6. The lowest BCUT2D eigenvalue weighted by Crippen LogP contribution is -2.35. The molecule has 1 saturated heterocycles. The number of furan rings is 1. The van der Waals surface area contributed by atoms with Crippen LogP contribution in [0.25, 0.3) is 6.08 Å². The van der Waals surface area contributed by atoms with Gasteiger partial charge in [0.05, 0.1) is 20.3 Å².